The first kappa shape index (κ1) is 20.5. The Labute approximate surface area is 172 Å². The van der Waals surface area contributed by atoms with Gasteiger partial charge in [-0.05, 0) is 53.4 Å². The highest BCUT2D eigenvalue weighted by atomic mass is 35.5. The highest BCUT2D eigenvalue weighted by molar-refractivity contribution is 6.34. The number of halogens is 1. The molecule has 6 heteroatoms. The summed E-state index contributed by atoms with van der Waals surface area (Å²) in [6.45, 7) is 17.2. The lowest BCUT2D eigenvalue weighted by molar-refractivity contribution is 0.403. The van der Waals surface area contributed by atoms with Crippen molar-refractivity contribution in [2.45, 2.75) is 64.8 Å². The average molecular weight is 400 g/mol. The van der Waals surface area contributed by atoms with Crippen LogP contribution in [0.15, 0.2) is 41.7 Å². The zero-order chi connectivity index (χ0) is 20.9. The van der Waals surface area contributed by atoms with Crippen molar-refractivity contribution in [1.82, 2.24) is 20.1 Å². The lowest BCUT2D eigenvalue weighted by Gasteiger charge is -2.23. The maximum atomic E-state index is 6.53. The van der Waals surface area contributed by atoms with Gasteiger partial charge in [0, 0.05) is 0 Å². The molecule has 150 valence electrons. The number of fused-ring (bicyclic) bond motifs is 1. The van der Waals surface area contributed by atoms with Crippen LogP contribution in [-0.2, 0) is 10.8 Å². The molecule has 0 bridgehead atoms. The smallest absolute Gasteiger partial charge is 0.224 e. The molecule has 0 saturated carbocycles. The van der Waals surface area contributed by atoms with Crippen LogP contribution in [-0.4, -0.2) is 14.8 Å². The molecule has 1 aliphatic rings. The van der Waals surface area contributed by atoms with Crippen molar-refractivity contribution in [1.29, 1.82) is 0 Å². The summed E-state index contributed by atoms with van der Waals surface area (Å²) in [7, 11) is 0. The molecule has 1 aromatic carbocycles. The van der Waals surface area contributed by atoms with Crippen LogP contribution < -0.4 is 11.1 Å². The van der Waals surface area contributed by atoms with Gasteiger partial charge in [0.25, 0.3) is 0 Å². The van der Waals surface area contributed by atoms with Gasteiger partial charge in [-0.25, -0.2) is 0 Å². The Morgan fingerprint density at radius 3 is 2.46 bits per heavy atom. The van der Waals surface area contributed by atoms with Crippen LogP contribution in [0.5, 0.6) is 0 Å². The molecule has 0 spiro atoms. The zero-order valence-electron chi connectivity index (χ0n) is 17.6. The maximum Gasteiger partial charge on any atom is 0.224 e. The zero-order valence-corrected chi connectivity index (χ0v) is 18.4. The molecule has 3 rings (SSSR count). The minimum atomic E-state index is -0.00323. The van der Waals surface area contributed by atoms with Gasteiger partial charge < -0.3 is 11.1 Å². The van der Waals surface area contributed by atoms with Gasteiger partial charge in [0.05, 0.1) is 11.1 Å². The van der Waals surface area contributed by atoms with Crippen molar-refractivity contribution in [3.63, 3.8) is 0 Å². The average Bonchev–Trinajstić information content (AvgIpc) is 3.10. The van der Waals surface area contributed by atoms with Gasteiger partial charge >= 0.3 is 0 Å². The Kier molecular flexibility index (Phi) is 5.09. The predicted molar refractivity (Wildman–Crippen MR) is 117 cm³/mol. The summed E-state index contributed by atoms with van der Waals surface area (Å²) in [4.78, 5) is 4.01. The second-order valence-electron chi connectivity index (χ2n) is 9.09. The quantitative estimate of drug-likeness (QED) is 0.685. The first-order chi connectivity index (χ1) is 12.9. The summed E-state index contributed by atoms with van der Waals surface area (Å²) in [5.74, 6) is 0.850. The summed E-state index contributed by atoms with van der Waals surface area (Å²) < 4.78 is 1.51. The molecule has 3 N–H and O–H groups in total. The highest BCUT2D eigenvalue weighted by Crippen LogP contribution is 2.49. The Hall–Kier alpha value is -2.27. The molecule has 1 unspecified atom stereocenters. The number of allylic oxidation sites excluding steroid dienone is 2. The number of aromatic nitrogens is 3. The van der Waals surface area contributed by atoms with Crippen LogP contribution in [0.2, 0.25) is 0 Å². The van der Waals surface area contributed by atoms with Crippen LogP contribution >= 0.6 is 11.6 Å². The predicted octanol–water partition coefficient (Wildman–Crippen LogP) is 5.11. The van der Waals surface area contributed by atoms with Crippen LogP contribution in [0.1, 0.15) is 70.7 Å². The number of nitrogens with two attached hydrogens (primary N) is 1. The Balaban J connectivity index is 1.99. The monoisotopic (exact) mass is 399 g/mol. The molecule has 0 fully saturated rings. The van der Waals surface area contributed by atoms with Gasteiger partial charge in [0.2, 0.25) is 5.95 Å². The van der Waals surface area contributed by atoms with Crippen molar-refractivity contribution >= 4 is 23.4 Å². The molecule has 0 aliphatic heterocycles. The van der Waals surface area contributed by atoms with Gasteiger partial charge in [-0.2, -0.15) is 14.8 Å². The van der Waals surface area contributed by atoms with E-state index in [4.69, 9.17) is 17.3 Å². The van der Waals surface area contributed by atoms with Crippen molar-refractivity contribution < 1.29 is 0 Å². The van der Waals surface area contributed by atoms with Crippen LogP contribution in [0.4, 0.5) is 5.95 Å². The van der Waals surface area contributed by atoms with E-state index >= 15 is 0 Å². The first-order valence-electron chi connectivity index (χ1n) is 9.57. The number of hydrogen-bond donors (Lipinski definition) is 2. The molecule has 5 nitrogen and oxygen atoms in total. The fraction of sp³-hybridized carbons (Fsp3) is 0.455. The van der Waals surface area contributed by atoms with Crippen molar-refractivity contribution in [3.8, 4) is 0 Å². The van der Waals surface area contributed by atoms with Crippen LogP contribution in [0.3, 0.4) is 0 Å². The summed E-state index contributed by atoms with van der Waals surface area (Å²) in [5.41, 5.74) is 11.1. The van der Waals surface area contributed by atoms with Crippen molar-refractivity contribution in [2.75, 3.05) is 5.73 Å². The summed E-state index contributed by atoms with van der Waals surface area (Å²) in [6, 6.07) is 6.78. The highest BCUT2D eigenvalue weighted by Gasteiger charge is 2.41. The number of nitrogens with one attached hydrogen (secondary N) is 1. The molecule has 1 heterocycles. The van der Waals surface area contributed by atoms with Gasteiger partial charge in [-0.1, -0.05) is 64.1 Å². The SMILES string of the molecule is C=C(C)/C(Cl)=C(/NC(C)c1ccc2c(c1)C(C)(C)CC2(C)C)n1ncnc1N. The third-order valence-electron chi connectivity index (χ3n) is 5.61. The lowest BCUT2D eigenvalue weighted by Crippen LogP contribution is -2.24. The van der Waals surface area contributed by atoms with E-state index in [2.05, 4.69) is 74.8 Å². The normalized spacial score (nSPS) is 19.0. The number of rotatable bonds is 5. The first-order valence-corrected chi connectivity index (χ1v) is 9.95. The Morgan fingerprint density at radius 1 is 1.25 bits per heavy atom. The minimum Gasteiger partial charge on any atom is -0.368 e. The van der Waals surface area contributed by atoms with Crippen LogP contribution in [0, 0.1) is 0 Å². The molecule has 1 atom stereocenters. The van der Waals surface area contributed by atoms with E-state index < -0.39 is 0 Å². The molecule has 1 aromatic heterocycles. The molecule has 0 radical (unpaired) electrons. The molecule has 2 aromatic rings. The summed E-state index contributed by atoms with van der Waals surface area (Å²) in [6.07, 6.45) is 2.55. The second kappa shape index (κ2) is 6.96. The van der Waals surface area contributed by atoms with E-state index in [9.17, 15) is 0 Å². The third-order valence-corrected chi connectivity index (χ3v) is 6.11. The second-order valence-corrected chi connectivity index (χ2v) is 9.47. The minimum absolute atomic E-state index is 0.00323. The van der Waals surface area contributed by atoms with E-state index in [1.165, 1.54) is 27.7 Å². The van der Waals surface area contributed by atoms with Crippen molar-refractivity contribution in [2.24, 2.45) is 0 Å². The molecule has 0 saturated heterocycles. The van der Waals surface area contributed by atoms with E-state index in [1.807, 2.05) is 6.92 Å². The van der Waals surface area contributed by atoms with E-state index in [1.54, 1.807) is 0 Å². The summed E-state index contributed by atoms with van der Waals surface area (Å²) in [5, 5.41) is 8.14. The Bertz CT molecular complexity index is 952. The summed E-state index contributed by atoms with van der Waals surface area (Å²) >= 11 is 6.53. The van der Waals surface area contributed by atoms with Crippen LogP contribution in [0.25, 0.3) is 5.82 Å². The number of hydrogen-bond acceptors (Lipinski definition) is 4. The lowest BCUT2D eigenvalue weighted by atomic mass is 9.82. The largest absolute Gasteiger partial charge is 0.368 e. The van der Waals surface area contributed by atoms with Gasteiger partial charge in [0.1, 0.15) is 6.33 Å². The fourth-order valence-corrected chi connectivity index (χ4v) is 4.54. The molecule has 1 aliphatic carbocycles. The molecular weight excluding hydrogens is 370 g/mol. The van der Waals surface area contributed by atoms with E-state index in [-0.39, 0.29) is 22.8 Å². The number of anilines is 1. The van der Waals surface area contributed by atoms with Gasteiger partial charge in [0.15, 0.2) is 5.82 Å². The number of nitrogens with zero attached hydrogens (tertiary/aromatic N) is 3. The number of benzene rings is 1. The maximum absolute atomic E-state index is 6.53. The molecule has 28 heavy (non-hydrogen) atoms. The van der Waals surface area contributed by atoms with E-state index in [0.29, 0.717) is 10.9 Å². The third kappa shape index (κ3) is 3.55. The van der Waals surface area contributed by atoms with Crippen molar-refractivity contribution in [3.05, 3.63) is 58.4 Å². The molecule has 0 amide bonds. The Morgan fingerprint density at radius 2 is 1.89 bits per heavy atom. The number of nitrogen functional groups attached to an aromatic ring is 1. The fourth-order valence-electron chi connectivity index (χ4n) is 4.41. The topological polar surface area (TPSA) is 68.8 Å². The molecular formula is C22H30ClN5. The van der Waals surface area contributed by atoms with E-state index in [0.717, 1.165) is 12.0 Å². The standard InChI is InChI=1S/C22H30ClN5/c1-13(2)18(23)19(28-20(24)25-12-26-28)27-14(3)15-8-9-16-17(10-15)22(6,7)11-21(16,4)5/h8-10,12,14,27H,1,11H2,2-7H3,(H2,24,25,26)/b19-18+. The van der Waals surface area contributed by atoms with Gasteiger partial charge in [-0.15, -0.1) is 0 Å². The van der Waals surface area contributed by atoms with Gasteiger partial charge in [-0.3, -0.25) is 0 Å².